The van der Waals surface area contributed by atoms with E-state index in [1.54, 1.807) is 0 Å². The highest BCUT2D eigenvalue weighted by Gasteiger charge is 2.25. The summed E-state index contributed by atoms with van der Waals surface area (Å²) in [5, 5.41) is 4.59. The molecule has 2 bridgehead atoms. The Kier molecular flexibility index (Phi) is 2.75. The molecule has 1 unspecified atom stereocenters. The van der Waals surface area contributed by atoms with Crippen LogP contribution < -0.4 is 5.43 Å². The third-order valence-electron chi connectivity index (χ3n) is 3.04. The van der Waals surface area contributed by atoms with Gasteiger partial charge in [-0.05, 0) is 24.1 Å². The van der Waals surface area contributed by atoms with Crippen LogP contribution in [-0.4, -0.2) is 5.71 Å². The molecule has 1 aromatic rings. The van der Waals surface area contributed by atoms with Crippen molar-refractivity contribution in [2.45, 2.75) is 34.1 Å². The van der Waals surface area contributed by atoms with Gasteiger partial charge in [0.25, 0.3) is 0 Å². The highest BCUT2D eigenvalue weighted by molar-refractivity contribution is 5.92. The summed E-state index contributed by atoms with van der Waals surface area (Å²) in [7, 11) is 0. The molecule has 1 aromatic carbocycles. The summed E-state index contributed by atoms with van der Waals surface area (Å²) in [6, 6.07) is 8.55. The second kappa shape index (κ2) is 3.93. The number of nitrogens with zero attached hydrogens (tertiary/aromatic N) is 1. The normalized spacial score (nSPS) is 23.8. The molecule has 0 spiro atoms. The molecule has 16 heavy (non-hydrogen) atoms. The molecule has 2 nitrogen and oxygen atoms in total. The average molecular weight is 216 g/mol. The Morgan fingerprint density at radius 2 is 1.81 bits per heavy atom. The molecule has 1 atom stereocenters. The summed E-state index contributed by atoms with van der Waals surface area (Å²) in [5.74, 6) is 0.481. The lowest BCUT2D eigenvalue weighted by Crippen LogP contribution is -2.29. The minimum atomic E-state index is 0.122. The van der Waals surface area contributed by atoms with Crippen LogP contribution in [0.3, 0.4) is 0 Å². The first-order valence-corrected chi connectivity index (χ1v) is 5.90. The van der Waals surface area contributed by atoms with Gasteiger partial charge >= 0.3 is 0 Å². The number of nitrogens with one attached hydrogen (secondary N) is 1. The number of rotatable bonds is 0. The fourth-order valence-electron chi connectivity index (χ4n) is 2.31. The number of hydrazone groups is 1. The van der Waals surface area contributed by atoms with Crippen molar-refractivity contribution in [2.75, 3.05) is 5.43 Å². The van der Waals surface area contributed by atoms with Crippen molar-refractivity contribution in [1.29, 1.82) is 0 Å². The van der Waals surface area contributed by atoms with Crippen molar-refractivity contribution in [3.63, 3.8) is 0 Å². The van der Waals surface area contributed by atoms with Crippen LogP contribution in [0, 0.1) is 11.3 Å². The standard InChI is InChI=1S/C14H20N2/c1-10-9-11-5-7-12(8-6-11)15-16-13(10)14(2,3)4/h5-8,10,15H,9H2,1-4H3/b16-13+. The van der Waals surface area contributed by atoms with Gasteiger partial charge < -0.3 is 0 Å². The maximum atomic E-state index is 4.59. The van der Waals surface area contributed by atoms with Crippen molar-refractivity contribution in [3.8, 4) is 0 Å². The molecule has 0 saturated carbocycles. The Labute approximate surface area is 97.8 Å². The topological polar surface area (TPSA) is 24.4 Å². The lowest BCUT2D eigenvalue weighted by atomic mass is 9.80. The van der Waals surface area contributed by atoms with Crippen LogP contribution in [0.5, 0.6) is 0 Å². The van der Waals surface area contributed by atoms with Gasteiger partial charge in [-0.1, -0.05) is 39.8 Å². The summed E-state index contributed by atoms with van der Waals surface area (Å²) in [4.78, 5) is 0. The van der Waals surface area contributed by atoms with E-state index in [-0.39, 0.29) is 5.41 Å². The molecule has 1 N–H and O–H groups in total. The van der Waals surface area contributed by atoms with E-state index in [1.807, 2.05) is 0 Å². The van der Waals surface area contributed by atoms with E-state index in [4.69, 9.17) is 0 Å². The number of benzene rings is 1. The van der Waals surface area contributed by atoms with Gasteiger partial charge in [-0.3, -0.25) is 5.43 Å². The monoisotopic (exact) mass is 216 g/mol. The fraction of sp³-hybridized carbons (Fsp3) is 0.500. The highest BCUT2D eigenvalue weighted by Crippen LogP contribution is 2.26. The molecule has 2 heterocycles. The van der Waals surface area contributed by atoms with Gasteiger partial charge in [-0.25, -0.2) is 0 Å². The maximum absolute atomic E-state index is 4.59. The third kappa shape index (κ3) is 2.26. The molecule has 0 saturated heterocycles. The molecule has 86 valence electrons. The van der Waals surface area contributed by atoms with Crippen molar-refractivity contribution in [3.05, 3.63) is 29.8 Å². The number of hydrogen-bond donors (Lipinski definition) is 1. The Hall–Kier alpha value is -1.31. The van der Waals surface area contributed by atoms with E-state index in [2.05, 4.69) is 62.5 Å². The van der Waals surface area contributed by atoms with Crippen LogP contribution in [0.2, 0.25) is 0 Å². The quantitative estimate of drug-likeness (QED) is 0.702. The minimum absolute atomic E-state index is 0.122. The summed E-state index contributed by atoms with van der Waals surface area (Å²) >= 11 is 0. The second-order valence-electron chi connectivity index (χ2n) is 5.66. The number of hydrogen-bond acceptors (Lipinski definition) is 2. The summed E-state index contributed by atoms with van der Waals surface area (Å²) in [5.41, 5.74) is 6.98. The fourth-order valence-corrected chi connectivity index (χ4v) is 2.31. The van der Waals surface area contributed by atoms with Crippen LogP contribution in [-0.2, 0) is 6.42 Å². The largest absolute Gasteiger partial charge is 0.279 e. The van der Waals surface area contributed by atoms with E-state index in [9.17, 15) is 0 Å². The van der Waals surface area contributed by atoms with Gasteiger partial charge in [0.1, 0.15) is 0 Å². The molecular weight excluding hydrogens is 196 g/mol. The first-order chi connectivity index (χ1) is 7.47. The van der Waals surface area contributed by atoms with Gasteiger partial charge in [-0.2, -0.15) is 5.10 Å². The SMILES string of the molecule is CC1Cc2ccc(cc2)N/N=C\1C(C)(C)C. The van der Waals surface area contributed by atoms with Gasteiger partial charge in [-0.15, -0.1) is 0 Å². The van der Waals surface area contributed by atoms with Crippen molar-refractivity contribution < 1.29 is 0 Å². The smallest absolute Gasteiger partial charge is 0.0561 e. The van der Waals surface area contributed by atoms with Gasteiger partial charge in [0.15, 0.2) is 0 Å². The molecule has 0 radical (unpaired) electrons. The van der Waals surface area contributed by atoms with E-state index in [0.717, 1.165) is 12.1 Å². The molecule has 2 aliphatic rings. The van der Waals surface area contributed by atoms with Gasteiger partial charge in [0.2, 0.25) is 0 Å². The predicted molar refractivity (Wildman–Crippen MR) is 69.8 cm³/mol. The third-order valence-corrected chi connectivity index (χ3v) is 3.04. The van der Waals surface area contributed by atoms with E-state index in [1.165, 1.54) is 11.3 Å². The Morgan fingerprint density at radius 1 is 1.19 bits per heavy atom. The Bertz CT molecular complexity index is 396. The maximum Gasteiger partial charge on any atom is 0.0561 e. The average Bonchev–Trinajstić information content (AvgIpc) is 2.29. The van der Waals surface area contributed by atoms with Gasteiger partial charge in [0, 0.05) is 17.0 Å². The van der Waals surface area contributed by atoms with E-state index < -0.39 is 0 Å². The molecule has 2 heteroatoms. The van der Waals surface area contributed by atoms with Crippen LogP contribution >= 0.6 is 0 Å². The van der Waals surface area contributed by atoms with Crippen molar-refractivity contribution >= 4 is 11.4 Å². The zero-order valence-corrected chi connectivity index (χ0v) is 10.5. The number of fused-ring (bicyclic) bond motifs is 5. The first kappa shape index (κ1) is 11.2. The summed E-state index contributed by atoms with van der Waals surface area (Å²) in [6.45, 7) is 8.92. The lowest BCUT2D eigenvalue weighted by Gasteiger charge is -2.26. The van der Waals surface area contributed by atoms with Gasteiger partial charge in [0.05, 0.1) is 5.69 Å². The summed E-state index contributed by atoms with van der Waals surface area (Å²) in [6.07, 6.45) is 1.07. The van der Waals surface area contributed by atoms with Crippen molar-refractivity contribution in [2.24, 2.45) is 16.4 Å². The molecule has 0 aliphatic carbocycles. The Morgan fingerprint density at radius 3 is 2.38 bits per heavy atom. The van der Waals surface area contributed by atoms with E-state index >= 15 is 0 Å². The number of anilines is 1. The van der Waals surface area contributed by atoms with Crippen LogP contribution in [0.1, 0.15) is 33.3 Å². The summed E-state index contributed by atoms with van der Waals surface area (Å²) < 4.78 is 0. The van der Waals surface area contributed by atoms with Crippen molar-refractivity contribution in [1.82, 2.24) is 0 Å². The molecule has 0 amide bonds. The zero-order chi connectivity index (χ0) is 11.8. The predicted octanol–water partition coefficient (Wildman–Crippen LogP) is 3.69. The molecule has 0 aromatic heterocycles. The second-order valence-corrected chi connectivity index (χ2v) is 5.66. The van der Waals surface area contributed by atoms with Crippen LogP contribution in [0.15, 0.2) is 29.4 Å². The zero-order valence-electron chi connectivity index (χ0n) is 10.5. The molecule has 2 aliphatic heterocycles. The molecule has 3 rings (SSSR count). The molecule has 0 fully saturated rings. The van der Waals surface area contributed by atoms with Crippen LogP contribution in [0.4, 0.5) is 5.69 Å². The first-order valence-electron chi connectivity index (χ1n) is 5.90. The lowest BCUT2D eigenvalue weighted by molar-refractivity contribution is 0.542. The highest BCUT2D eigenvalue weighted by atomic mass is 15.3. The Balaban J connectivity index is 2.38. The molecular formula is C14H20N2. The van der Waals surface area contributed by atoms with E-state index in [0.29, 0.717) is 5.92 Å². The minimum Gasteiger partial charge on any atom is -0.279 e. The van der Waals surface area contributed by atoms with Crippen LogP contribution in [0.25, 0.3) is 0 Å².